The maximum absolute atomic E-state index is 13.7. The summed E-state index contributed by atoms with van der Waals surface area (Å²) in [5.74, 6) is 0.656. The summed E-state index contributed by atoms with van der Waals surface area (Å²) in [4.78, 5) is 39.4. The van der Waals surface area contributed by atoms with Crippen LogP contribution < -0.4 is 26.0 Å². The Labute approximate surface area is 208 Å². The molecule has 0 aliphatic heterocycles. The van der Waals surface area contributed by atoms with Crippen molar-refractivity contribution in [1.82, 2.24) is 14.5 Å². The number of ether oxygens (including phenoxy) is 2. The van der Waals surface area contributed by atoms with Gasteiger partial charge in [-0.15, -0.1) is 0 Å². The first-order valence-electron chi connectivity index (χ1n) is 11.7. The molecule has 0 aliphatic carbocycles. The first-order valence-corrected chi connectivity index (χ1v) is 11.7. The van der Waals surface area contributed by atoms with Crippen molar-refractivity contribution in [1.29, 1.82) is 0 Å². The van der Waals surface area contributed by atoms with Gasteiger partial charge in [0.05, 0.1) is 38.2 Å². The van der Waals surface area contributed by atoms with E-state index >= 15 is 0 Å². The Morgan fingerprint density at radius 3 is 2.03 bits per heavy atom. The van der Waals surface area contributed by atoms with Gasteiger partial charge in [-0.25, -0.2) is 4.79 Å². The summed E-state index contributed by atoms with van der Waals surface area (Å²) in [6.07, 6.45) is 0. The van der Waals surface area contributed by atoms with Crippen LogP contribution in [0.5, 0.6) is 11.5 Å². The smallest absolute Gasteiger partial charge is 0.332 e. The molecule has 0 bridgehead atoms. The minimum Gasteiger partial charge on any atom is -0.493 e. The second-order valence-electron chi connectivity index (χ2n) is 8.80. The van der Waals surface area contributed by atoms with E-state index in [9.17, 15) is 14.4 Å². The molecule has 0 fully saturated rings. The zero-order valence-electron chi connectivity index (χ0n) is 20.8. The van der Waals surface area contributed by atoms with E-state index in [1.807, 2.05) is 44.2 Å². The third-order valence-electron chi connectivity index (χ3n) is 5.89. The molecule has 0 atom stereocenters. The number of hydrogen-bond acceptors (Lipinski definition) is 5. The second kappa shape index (κ2) is 10.5. The minimum absolute atomic E-state index is 0.0204. The molecule has 3 aromatic carbocycles. The van der Waals surface area contributed by atoms with E-state index in [1.54, 1.807) is 41.0 Å². The minimum atomic E-state index is -0.440. The largest absolute Gasteiger partial charge is 0.493 e. The van der Waals surface area contributed by atoms with E-state index in [1.165, 1.54) is 18.8 Å². The van der Waals surface area contributed by atoms with E-state index < -0.39 is 11.2 Å². The number of amides is 1. The van der Waals surface area contributed by atoms with Crippen molar-refractivity contribution in [3.05, 3.63) is 104 Å². The Morgan fingerprint density at radius 1 is 0.833 bits per heavy atom. The van der Waals surface area contributed by atoms with Gasteiger partial charge in [0.25, 0.3) is 11.5 Å². The Bertz CT molecular complexity index is 1500. The van der Waals surface area contributed by atoms with Gasteiger partial charge in [0.15, 0.2) is 11.5 Å². The van der Waals surface area contributed by atoms with Crippen molar-refractivity contribution in [3.8, 4) is 11.5 Å². The lowest BCUT2D eigenvalue weighted by molar-refractivity contribution is 0.0943. The fraction of sp³-hybridized carbons (Fsp3) is 0.250. The van der Waals surface area contributed by atoms with Crippen LogP contribution in [0, 0.1) is 0 Å². The number of methoxy groups -OCH3 is 2. The Morgan fingerprint density at radius 2 is 1.42 bits per heavy atom. The van der Waals surface area contributed by atoms with Crippen LogP contribution in [0.3, 0.4) is 0 Å². The van der Waals surface area contributed by atoms with Gasteiger partial charge in [-0.05, 0) is 43.2 Å². The maximum Gasteiger partial charge on any atom is 0.332 e. The molecular formula is C28H29N3O5. The molecule has 8 nitrogen and oxygen atoms in total. The Kier molecular flexibility index (Phi) is 7.24. The van der Waals surface area contributed by atoms with Crippen LogP contribution in [0.1, 0.15) is 35.3 Å². The first-order chi connectivity index (χ1) is 17.3. The first kappa shape index (κ1) is 24.8. The van der Waals surface area contributed by atoms with E-state index in [0.717, 1.165) is 11.1 Å². The van der Waals surface area contributed by atoms with Gasteiger partial charge in [-0.2, -0.15) is 0 Å². The molecule has 0 unspecified atom stereocenters. The molecule has 1 amide bonds. The highest BCUT2D eigenvalue weighted by atomic mass is 16.5. The SMILES string of the molecule is COc1cc2c(=O)n(Cc3ccc(C(=O)NC(C)C)cc3)c(=O)n(Cc3ccccc3)c2cc1OC. The maximum atomic E-state index is 13.7. The highest BCUT2D eigenvalue weighted by Crippen LogP contribution is 2.30. The lowest BCUT2D eigenvalue weighted by Crippen LogP contribution is -2.40. The van der Waals surface area contributed by atoms with E-state index in [4.69, 9.17) is 9.47 Å². The zero-order valence-corrected chi connectivity index (χ0v) is 20.8. The van der Waals surface area contributed by atoms with E-state index in [0.29, 0.717) is 28.0 Å². The molecule has 1 aromatic heterocycles. The van der Waals surface area contributed by atoms with Gasteiger partial charge in [0, 0.05) is 17.7 Å². The van der Waals surface area contributed by atoms with Crippen LogP contribution in [0.2, 0.25) is 0 Å². The highest BCUT2D eigenvalue weighted by Gasteiger charge is 2.18. The normalized spacial score (nSPS) is 11.0. The van der Waals surface area contributed by atoms with Crippen molar-refractivity contribution in [2.75, 3.05) is 14.2 Å². The number of carbonyl (C=O) groups excluding carboxylic acids is 1. The zero-order chi connectivity index (χ0) is 25.8. The van der Waals surface area contributed by atoms with E-state index in [-0.39, 0.29) is 25.0 Å². The van der Waals surface area contributed by atoms with Crippen molar-refractivity contribution < 1.29 is 14.3 Å². The average molecular weight is 488 g/mol. The number of hydrogen-bond donors (Lipinski definition) is 1. The summed E-state index contributed by atoms with van der Waals surface area (Å²) in [6, 6.07) is 19.7. The average Bonchev–Trinajstić information content (AvgIpc) is 2.88. The molecular weight excluding hydrogens is 458 g/mol. The number of nitrogens with zero attached hydrogens (tertiary/aromatic N) is 2. The van der Waals surface area contributed by atoms with E-state index in [2.05, 4.69) is 5.32 Å². The quantitative estimate of drug-likeness (QED) is 0.411. The van der Waals surface area contributed by atoms with Crippen LogP contribution in [-0.4, -0.2) is 35.3 Å². The van der Waals surface area contributed by atoms with Crippen LogP contribution in [-0.2, 0) is 13.1 Å². The molecule has 1 N–H and O–H groups in total. The number of fused-ring (bicyclic) bond motifs is 1. The summed E-state index contributed by atoms with van der Waals surface area (Å²) < 4.78 is 13.6. The molecule has 0 aliphatic rings. The number of aromatic nitrogens is 2. The van der Waals surface area contributed by atoms with Crippen molar-refractivity contribution >= 4 is 16.8 Å². The summed E-state index contributed by atoms with van der Waals surface area (Å²) in [5, 5.41) is 3.19. The summed E-state index contributed by atoms with van der Waals surface area (Å²) in [7, 11) is 3.01. The molecule has 4 aromatic rings. The van der Waals surface area contributed by atoms with Crippen LogP contribution in [0.25, 0.3) is 10.9 Å². The van der Waals surface area contributed by atoms with Gasteiger partial charge < -0.3 is 14.8 Å². The molecule has 0 radical (unpaired) electrons. The molecule has 4 rings (SSSR count). The molecule has 0 spiro atoms. The van der Waals surface area contributed by atoms with Gasteiger partial charge in [-0.1, -0.05) is 42.5 Å². The monoisotopic (exact) mass is 487 g/mol. The van der Waals surface area contributed by atoms with Crippen molar-refractivity contribution in [2.45, 2.75) is 33.0 Å². The predicted octanol–water partition coefficient (Wildman–Crippen LogP) is 3.42. The van der Waals surface area contributed by atoms with Gasteiger partial charge in [0.1, 0.15) is 0 Å². The molecule has 8 heteroatoms. The fourth-order valence-electron chi connectivity index (χ4n) is 4.09. The summed E-state index contributed by atoms with van der Waals surface area (Å²) >= 11 is 0. The fourth-order valence-corrected chi connectivity index (χ4v) is 4.09. The van der Waals surface area contributed by atoms with Crippen molar-refractivity contribution in [2.24, 2.45) is 0 Å². The molecule has 36 heavy (non-hydrogen) atoms. The number of benzene rings is 3. The Balaban J connectivity index is 1.83. The lowest BCUT2D eigenvalue weighted by atomic mass is 10.1. The molecule has 186 valence electrons. The van der Waals surface area contributed by atoms with Gasteiger partial charge in [0.2, 0.25) is 0 Å². The van der Waals surface area contributed by atoms with Gasteiger partial charge >= 0.3 is 5.69 Å². The lowest BCUT2D eigenvalue weighted by Gasteiger charge is -2.17. The topological polar surface area (TPSA) is 91.6 Å². The number of nitrogens with one attached hydrogen (secondary N) is 1. The number of carbonyl (C=O) groups is 1. The van der Waals surface area contributed by atoms with Crippen LogP contribution in [0.15, 0.2) is 76.3 Å². The Hall–Kier alpha value is -4.33. The number of rotatable bonds is 8. The second-order valence-corrected chi connectivity index (χ2v) is 8.80. The summed E-state index contributed by atoms with van der Waals surface area (Å²) in [6.45, 7) is 4.12. The standard InChI is InChI=1S/C28H29N3O5/c1-18(2)29-26(32)21-12-10-20(11-13-21)17-31-27(33)22-14-24(35-3)25(36-4)15-23(22)30(28(31)34)16-19-8-6-5-7-9-19/h5-15,18H,16-17H2,1-4H3,(H,29,32). The molecule has 1 heterocycles. The van der Waals surface area contributed by atoms with Gasteiger partial charge in [-0.3, -0.25) is 18.7 Å². The third-order valence-corrected chi connectivity index (χ3v) is 5.89. The van der Waals surface area contributed by atoms with Crippen molar-refractivity contribution in [3.63, 3.8) is 0 Å². The molecule has 0 saturated heterocycles. The predicted molar refractivity (Wildman–Crippen MR) is 139 cm³/mol. The third kappa shape index (κ3) is 5.02. The van der Waals surface area contributed by atoms with Crippen LogP contribution in [0.4, 0.5) is 0 Å². The highest BCUT2D eigenvalue weighted by molar-refractivity contribution is 5.94. The molecule has 0 saturated carbocycles. The summed E-state index contributed by atoms with van der Waals surface area (Å²) in [5.41, 5.74) is 1.75. The van der Waals surface area contributed by atoms with Crippen LogP contribution >= 0.6 is 0 Å².